The monoisotopic (exact) mass is 281 g/mol. The highest BCUT2D eigenvalue weighted by atomic mass is 35.7. The van der Waals surface area contributed by atoms with Crippen molar-refractivity contribution in [1.82, 2.24) is 14.6 Å². The van der Waals surface area contributed by atoms with Crippen LogP contribution in [0.15, 0.2) is 47.6 Å². The van der Waals surface area contributed by atoms with Gasteiger partial charge in [-0.25, -0.2) is 17.9 Å². The first-order valence-corrected chi connectivity index (χ1v) is 7.43. The molecule has 0 aliphatic rings. The zero-order valence-electron chi connectivity index (χ0n) is 9.04. The minimum atomic E-state index is -3.79. The minimum Gasteiger partial charge on any atom is -0.300 e. The van der Waals surface area contributed by atoms with Gasteiger partial charge in [-0.2, -0.15) is 0 Å². The van der Waals surface area contributed by atoms with E-state index in [9.17, 15) is 8.42 Å². The SMILES string of the molecule is O=S(=O)(Cl)c1ccccc1-c1cn2[nH]ccc2n1. The molecule has 0 amide bonds. The smallest absolute Gasteiger partial charge is 0.261 e. The summed E-state index contributed by atoms with van der Waals surface area (Å²) in [5.41, 5.74) is 1.76. The lowest BCUT2D eigenvalue weighted by atomic mass is 10.2. The molecule has 1 aromatic carbocycles. The number of halogens is 1. The quantitative estimate of drug-likeness (QED) is 0.733. The van der Waals surface area contributed by atoms with E-state index in [0.29, 0.717) is 16.9 Å². The average molecular weight is 282 g/mol. The maximum atomic E-state index is 11.5. The van der Waals surface area contributed by atoms with Crippen molar-refractivity contribution in [3.05, 3.63) is 42.7 Å². The van der Waals surface area contributed by atoms with Crippen molar-refractivity contribution in [2.24, 2.45) is 0 Å². The summed E-state index contributed by atoms with van der Waals surface area (Å²) in [4.78, 5) is 4.39. The third kappa shape index (κ3) is 1.79. The van der Waals surface area contributed by atoms with E-state index in [-0.39, 0.29) is 4.90 Å². The topological polar surface area (TPSA) is 67.2 Å². The summed E-state index contributed by atoms with van der Waals surface area (Å²) < 4.78 is 24.7. The lowest BCUT2D eigenvalue weighted by molar-refractivity contribution is 0.610. The van der Waals surface area contributed by atoms with Crippen molar-refractivity contribution in [2.45, 2.75) is 4.90 Å². The second-order valence-electron chi connectivity index (χ2n) is 3.75. The summed E-state index contributed by atoms with van der Waals surface area (Å²) in [6.45, 7) is 0. The largest absolute Gasteiger partial charge is 0.300 e. The number of fused-ring (bicyclic) bond motifs is 1. The fourth-order valence-corrected chi connectivity index (χ4v) is 2.91. The average Bonchev–Trinajstić information content (AvgIpc) is 2.87. The lowest BCUT2D eigenvalue weighted by Crippen LogP contribution is -1.94. The van der Waals surface area contributed by atoms with Crippen LogP contribution >= 0.6 is 10.7 Å². The molecule has 3 rings (SSSR count). The first-order chi connectivity index (χ1) is 8.55. The van der Waals surface area contributed by atoms with Gasteiger partial charge in [-0.3, -0.25) is 0 Å². The minimum absolute atomic E-state index is 0.0624. The molecule has 0 saturated heterocycles. The summed E-state index contributed by atoms with van der Waals surface area (Å²) >= 11 is 0. The summed E-state index contributed by atoms with van der Waals surface area (Å²) in [5.74, 6) is 0. The molecule has 0 bridgehead atoms. The summed E-state index contributed by atoms with van der Waals surface area (Å²) in [7, 11) is 1.63. The number of rotatable bonds is 2. The van der Waals surface area contributed by atoms with Crippen LogP contribution in [0.2, 0.25) is 0 Å². The Morgan fingerprint density at radius 2 is 2.00 bits per heavy atom. The highest BCUT2D eigenvalue weighted by molar-refractivity contribution is 8.13. The zero-order valence-corrected chi connectivity index (χ0v) is 10.6. The number of hydrogen-bond donors (Lipinski definition) is 1. The number of nitrogens with one attached hydrogen (secondary N) is 1. The number of aromatic amines is 1. The van der Waals surface area contributed by atoms with Crippen molar-refractivity contribution < 1.29 is 8.42 Å². The molecular weight excluding hydrogens is 274 g/mol. The van der Waals surface area contributed by atoms with Gasteiger partial charge in [-0.1, -0.05) is 18.2 Å². The molecule has 92 valence electrons. The van der Waals surface area contributed by atoms with E-state index >= 15 is 0 Å². The van der Waals surface area contributed by atoms with Crippen LogP contribution in [-0.2, 0) is 9.05 Å². The van der Waals surface area contributed by atoms with Crippen molar-refractivity contribution in [3.63, 3.8) is 0 Å². The standard InChI is InChI=1S/C11H8ClN3O2S/c12-18(16,17)10-4-2-1-3-8(10)9-7-15-11(14-9)5-6-13-15/h1-7,13H. The molecule has 2 aromatic heterocycles. The van der Waals surface area contributed by atoms with Crippen molar-refractivity contribution in [3.8, 4) is 11.3 Å². The first-order valence-electron chi connectivity index (χ1n) is 5.12. The van der Waals surface area contributed by atoms with Crippen LogP contribution in [0.25, 0.3) is 16.9 Å². The fourth-order valence-electron chi connectivity index (χ4n) is 1.83. The maximum Gasteiger partial charge on any atom is 0.261 e. The maximum absolute atomic E-state index is 11.5. The van der Waals surface area contributed by atoms with E-state index < -0.39 is 9.05 Å². The molecule has 18 heavy (non-hydrogen) atoms. The van der Waals surface area contributed by atoms with Gasteiger partial charge < -0.3 is 5.10 Å². The van der Waals surface area contributed by atoms with Crippen LogP contribution < -0.4 is 0 Å². The molecular formula is C11H8ClN3O2S. The normalized spacial score (nSPS) is 12.1. The molecule has 0 saturated carbocycles. The Morgan fingerprint density at radius 1 is 1.22 bits per heavy atom. The van der Waals surface area contributed by atoms with E-state index in [2.05, 4.69) is 10.1 Å². The molecule has 7 heteroatoms. The Morgan fingerprint density at radius 3 is 2.72 bits per heavy atom. The van der Waals surface area contributed by atoms with Crippen molar-refractivity contribution in [2.75, 3.05) is 0 Å². The van der Waals surface area contributed by atoms with Gasteiger partial charge in [-0.15, -0.1) is 0 Å². The zero-order chi connectivity index (χ0) is 12.8. The number of nitrogens with zero attached hydrogens (tertiary/aromatic N) is 2. The van der Waals surface area contributed by atoms with Crippen LogP contribution in [0.4, 0.5) is 0 Å². The number of hydrogen-bond acceptors (Lipinski definition) is 3. The Bertz CT molecular complexity index is 791. The predicted octanol–water partition coefficient (Wildman–Crippen LogP) is 2.26. The van der Waals surface area contributed by atoms with Gasteiger partial charge in [0.05, 0.1) is 16.8 Å². The second kappa shape index (κ2) is 3.86. The molecule has 3 aromatic rings. The van der Waals surface area contributed by atoms with Gasteiger partial charge in [-0.05, 0) is 6.07 Å². The number of H-pyrrole nitrogens is 1. The van der Waals surface area contributed by atoms with Crippen LogP contribution in [-0.4, -0.2) is 23.0 Å². The molecule has 2 heterocycles. The predicted molar refractivity (Wildman–Crippen MR) is 68.0 cm³/mol. The lowest BCUT2D eigenvalue weighted by Gasteiger charge is -2.02. The summed E-state index contributed by atoms with van der Waals surface area (Å²) in [6, 6.07) is 8.30. The molecule has 0 radical (unpaired) electrons. The Labute approximate surface area is 107 Å². The van der Waals surface area contributed by atoms with Gasteiger partial charge in [0.1, 0.15) is 0 Å². The third-order valence-electron chi connectivity index (χ3n) is 2.60. The van der Waals surface area contributed by atoms with Gasteiger partial charge in [0.2, 0.25) is 0 Å². The molecule has 0 aliphatic carbocycles. The van der Waals surface area contributed by atoms with Crippen LogP contribution in [0, 0.1) is 0 Å². The van der Waals surface area contributed by atoms with E-state index in [1.54, 1.807) is 41.2 Å². The molecule has 5 nitrogen and oxygen atoms in total. The second-order valence-corrected chi connectivity index (χ2v) is 6.29. The first kappa shape index (κ1) is 11.3. The van der Waals surface area contributed by atoms with E-state index in [4.69, 9.17) is 10.7 Å². The van der Waals surface area contributed by atoms with Crippen molar-refractivity contribution in [1.29, 1.82) is 0 Å². The molecule has 0 spiro atoms. The van der Waals surface area contributed by atoms with E-state index in [1.165, 1.54) is 6.07 Å². The third-order valence-corrected chi connectivity index (χ3v) is 3.98. The number of imidazole rings is 1. The Balaban J connectivity index is 2.26. The fraction of sp³-hybridized carbons (Fsp3) is 0. The Hall–Kier alpha value is -1.79. The van der Waals surface area contributed by atoms with Gasteiger partial charge in [0.15, 0.2) is 5.65 Å². The molecule has 1 N–H and O–H groups in total. The van der Waals surface area contributed by atoms with Gasteiger partial charge in [0, 0.05) is 28.5 Å². The van der Waals surface area contributed by atoms with Crippen LogP contribution in [0.3, 0.4) is 0 Å². The van der Waals surface area contributed by atoms with E-state index in [1.807, 2.05) is 0 Å². The van der Waals surface area contributed by atoms with Crippen LogP contribution in [0.5, 0.6) is 0 Å². The Kier molecular flexibility index (Phi) is 2.42. The molecule has 0 aliphatic heterocycles. The summed E-state index contributed by atoms with van der Waals surface area (Å²) in [6.07, 6.45) is 3.46. The summed E-state index contributed by atoms with van der Waals surface area (Å²) in [5, 5.41) is 2.94. The number of aromatic nitrogens is 3. The van der Waals surface area contributed by atoms with Gasteiger partial charge in [0.25, 0.3) is 9.05 Å². The molecule has 0 atom stereocenters. The highest BCUT2D eigenvalue weighted by Gasteiger charge is 2.18. The molecule has 0 unspecified atom stereocenters. The van der Waals surface area contributed by atoms with Gasteiger partial charge >= 0.3 is 0 Å². The highest BCUT2D eigenvalue weighted by Crippen LogP contribution is 2.28. The molecule has 0 fully saturated rings. The number of benzene rings is 1. The van der Waals surface area contributed by atoms with Crippen LogP contribution in [0.1, 0.15) is 0 Å². The van der Waals surface area contributed by atoms with E-state index in [0.717, 1.165) is 0 Å². The van der Waals surface area contributed by atoms with Crippen molar-refractivity contribution >= 4 is 25.4 Å².